The van der Waals surface area contributed by atoms with Gasteiger partial charge in [0.15, 0.2) is 0 Å². The molecule has 51 heavy (non-hydrogen) atoms. The van der Waals surface area contributed by atoms with Crippen LogP contribution in [0.15, 0.2) is 12.7 Å². The van der Waals surface area contributed by atoms with E-state index in [1.165, 1.54) is 11.0 Å². The molecule has 0 radical (unpaired) electrons. The molecule has 0 aromatic heterocycles. The third-order valence-electron chi connectivity index (χ3n) is 10.4. The molecule has 0 aromatic rings. The lowest BCUT2D eigenvalue weighted by Gasteiger charge is -2.41. The first-order valence-electron chi connectivity index (χ1n) is 17.5. The summed E-state index contributed by atoms with van der Waals surface area (Å²) in [6.45, 7) is 19.8. The summed E-state index contributed by atoms with van der Waals surface area (Å²) >= 11 is 0. The van der Waals surface area contributed by atoms with Gasteiger partial charge < -0.3 is 36.0 Å². The summed E-state index contributed by atoms with van der Waals surface area (Å²) in [5.74, 6) is -4.30. The molecular weight excluding hydrogens is 671 g/mol. The van der Waals surface area contributed by atoms with Crippen molar-refractivity contribution in [3.05, 3.63) is 12.7 Å². The first-order chi connectivity index (χ1) is 23.3. The quantitative estimate of drug-likeness (QED) is 0.169. The van der Waals surface area contributed by atoms with Gasteiger partial charge in [-0.1, -0.05) is 61.5 Å². The number of rotatable bonds is 13. The number of halogens is 3. The minimum Gasteiger partial charge on any atom is -0.346 e. The molecule has 16 heteroatoms. The van der Waals surface area contributed by atoms with Gasteiger partial charge in [0.2, 0.25) is 17.6 Å². The zero-order valence-electron chi connectivity index (χ0n) is 31.3. The van der Waals surface area contributed by atoms with Gasteiger partial charge >= 0.3 is 18.2 Å². The number of alkyl halides is 3. The Morgan fingerprint density at radius 3 is 2.16 bits per heavy atom. The second-order valence-electron chi connectivity index (χ2n) is 16.8. The number of likely N-dealkylation sites (tertiary alicyclic amines) is 1. The predicted molar refractivity (Wildman–Crippen MR) is 184 cm³/mol. The van der Waals surface area contributed by atoms with E-state index in [4.69, 9.17) is 0 Å². The van der Waals surface area contributed by atoms with Crippen LogP contribution in [0.25, 0.3) is 0 Å². The monoisotopic (exact) mass is 727 g/mol. The molecule has 0 bridgehead atoms. The van der Waals surface area contributed by atoms with Crippen LogP contribution in [0.3, 0.4) is 0 Å². The Hall–Kier alpha value is -3.85. The Labute approximate surface area is 298 Å². The number of nitrogens with zero attached hydrogens (tertiary/aromatic N) is 3. The van der Waals surface area contributed by atoms with Gasteiger partial charge in [0, 0.05) is 46.2 Å². The van der Waals surface area contributed by atoms with Gasteiger partial charge in [0.25, 0.3) is 5.91 Å². The highest BCUT2D eigenvalue weighted by Gasteiger charge is 2.70. The van der Waals surface area contributed by atoms with E-state index in [1.807, 2.05) is 34.6 Å². The molecule has 1 unspecified atom stereocenters. The van der Waals surface area contributed by atoms with Gasteiger partial charge in [-0.3, -0.25) is 19.2 Å². The largest absolute Gasteiger partial charge is 0.389 e. The number of amides is 7. The molecule has 3 fully saturated rings. The molecule has 6 atom stereocenters. The van der Waals surface area contributed by atoms with Crippen LogP contribution in [0.2, 0.25) is 0 Å². The minimum absolute atomic E-state index is 0.105. The van der Waals surface area contributed by atoms with Crippen molar-refractivity contribution in [3.8, 4) is 0 Å². The van der Waals surface area contributed by atoms with Gasteiger partial charge in [-0.25, -0.2) is 9.59 Å². The third kappa shape index (κ3) is 10.1. The van der Waals surface area contributed by atoms with E-state index < -0.39 is 83.6 Å². The van der Waals surface area contributed by atoms with Crippen LogP contribution >= 0.6 is 0 Å². The Bertz CT molecular complexity index is 1370. The van der Waals surface area contributed by atoms with Crippen molar-refractivity contribution in [3.63, 3.8) is 0 Å². The van der Waals surface area contributed by atoms with Crippen molar-refractivity contribution >= 4 is 35.6 Å². The topological polar surface area (TPSA) is 160 Å². The molecule has 3 rings (SSSR count). The fraction of sp³-hybridized carbons (Fsp3) is 0.771. The zero-order valence-corrected chi connectivity index (χ0v) is 31.3. The first kappa shape index (κ1) is 41.6. The molecule has 1 aliphatic carbocycles. The van der Waals surface area contributed by atoms with Crippen molar-refractivity contribution in [2.45, 2.75) is 105 Å². The molecular formula is C35H56F3N7O6. The molecule has 2 saturated heterocycles. The second kappa shape index (κ2) is 15.4. The average molecular weight is 728 g/mol. The van der Waals surface area contributed by atoms with Gasteiger partial charge in [-0.2, -0.15) is 13.2 Å². The maximum atomic E-state index is 14.4. The maximum absolute atomic E-state index is 14.4. The van der Waals surface area contributed by atoms with Crippen molar-refractivity contribution < 1.29 is 41.9 Å². The number of hydrogen-bond acceptors (Lipinski definition) is 6. The van der Waals surface area contributed by atoms with E-state index in [1.54, 1.807) is 37.6 Å². The van der Waals surface area contributed by atoms with Crippen LogP contribution < -0.4 is 21.3 Å². The van der Waals surface area contributed by atoms with Crippen molar-refractivity contribution in [2.75, 3.05) is 39.8 Å². The molecule has 2 heterocycles. The molecule has 1 saturated carbocycles. The second-order valence-corrected chi connectivity index (χ2v) is 16.8. The van der Waals surface area contributed by atoms with Gasteiger partial charge in [0.1, 0.15) is 12.1 Å². The van der Waals surface area contributed by atoms with Gasteiger partial charge in [-0.15, -0.1) is 6.58 Å². The SMILES string of the molecule is C=CCNC(=O)C(=O)C(CCC(F)(F)F)NC(=O)[C@@H]1[C@@H]2[C@H](CN1C(=O)[C@@H](NC(=O)N[C@H](CN1CCCN(C)C1=O)C(C)(C)C)C(C)(C)C)C2(C)C. The summed E-state index contributed by atoms with van der Waals surface area (Å²) in [7, 11) is 1.72. The number of urea groups is 2. The number of Topliss-reactive ketones (excluding diaryl/α,β-unsaturated/α-hetero) is 1. The molecule has 0 spiro atoms. The first-order valence-corrected chi connectivity index (χ1v) is 17.5. The number of fused-ring (bicyclic) bond motifs is 1. The third-order valence-corrected chi connectivity index (χ3v) is 10.4. The lowest BCUT2D eigenvalue weighted by atomic mass is 9.84. The van der Waals surface area contributed by atoms with Crippen molar-refractivity contribution in [1.82, 2.24) is 36.0 Å². The van der Waals surface area contributed by atoms with Crippen LogP contribution in [0.5, 0.6) is 0 Å². The highest BCUT2D eigenvalue weighted by Crippen LogP contribution is 2.65. The van der Waals surface area contributed by atoms with Crippen LogP contribution in [0.4, 0.5) is 22.8 Å². The highest BCUT2D eigenvalue weighted by molar-refractivity contribution is 6.38. The summed E-state index contributed by atoms with van der Waals surface area (Å²) in [6, 6.07) is -5.35. The summed E-state index contributed by atoms with van der Waals surface area (Å²) in [5.41, 5.74) is -1.70. The average Bonchev–Trinajstić information content (AvgIpc) is 3.31. The molecule has 13 nitrogen and oxygen atoms in total. The number of carbonyl (C=O) groups excluding carboxylic acids is 6. The summed E-state index contributed by atoms with van der Waals surface area (Å²) < 4.78 is 39.6. The standard InChI is InChI=1S/C35H56F3N7O6/c1-11-15-39-28(48)25(46)21(13-14-35(36,37)38)40-27(47)24-23-20(34(23,8)9)18-45(24)29(49)26(33(5,6)7)42-30(50)41-22(32(2,3)4)19-44-17-12-16-43(10)31(44)51/h11,20-24,26H,1,12-19H2,2-10H3,(H,39,48)(H,40,47)(H2,41,42,50)/t20-,21?,22+,23-,24-,26+/m0/s1. The van der Waals surface area contributed by atoms with Gasteiger partial charge in [0.05, 0.1) is 12.1 Å². The van der Waals surface area contributed by atoms with Crippen LogP contribution in [0.1, 0.15) is 74.7 Å². The smallest absolute Gasteiger partial charge is 0.346 e. The number of carbonyl (C=O) groups is 6. The zero-order chi connectivity index (χ0) is 38.9. The van der Waals surface area contributed by atoms with E-state index in [-0.39, 0.29) is 42.9 Å². The number of nitrogens with one attached hydrogen (secondary N) is 4. The Morgan fingerprint density at radius 1 is 0.980 bits per heavy atom. The molecule has 0 aromatic carbocycles. The number of piperidine rings is 1. The molecule has 7 amide bonds. The fourth-order valence-corrected chi connectivity index (χ4v) is 7.06. The summed E-state index contributed by atoms with van der Waals surface area (Å²) in [5, 5.41) is 10.4. The van der Waals surface area contributed by atoms with Crippen LogP contribution in [-0.2, 0) is 19.2 Å². The van der Waals surface area contributed by atoms with Gasteiger partial charge in [-0.05, 0) is 40.9 Å². The Kier molecular flexibility index (Phi) is 12.6. The molecule has 3 aliphatic rings. The van der Waals surface area contributed by atoms with E-state index in [9.17, 15) is 41.9 Å². The number of hydrogen-bond donors (Lipinski definition) is 4. The van der Waals surface area contributed by atoms with E-state index in [2.05, 4.69) is 27.8 Å². The highest BCUT2D eigenvalue weighted by atomic mass is 19.4. The van der Waals surface area contributed by atoms with Crippen LogP contribution in [0, 0.1) is 28.1 Å². The maximum Gasteiger partial charge on any atom is 0.389 e. The molecule has 2 aliphatic heterocycles. The summed E-state index contributed by atoms with van der Waals surface area (Å²) in [4.78, 5) is 84.7. The van der Waals surface area contributed by atoms with Crippen molar-refractivity contribution in [2.24, 2.45) is 28.1 Å². The predicted octanol–water partition coefficient (Wildman–Crippen LogP) is 3.05. The Morgan fingerprint density at radius 2 is 1.61 bits per heavy atom. The normalized spacial score (nSPS) is 23.4. The van der Waals surface area contributed by atoms with Crippen LogP contribution in [-0.4, -0.2) is 120 Å². The molecule has 4 N–H and O–H groups in total. The van der Waals surface area contributed by atoms with E-state index in [0.717, 1.165) is 6.42 Å². The van der Waals surface area contributed by atoms with Crippen molar-refractivity contribution in [1.29, 1.82) is 0 Å². The summed E-state index contributed by atoms with van der Waals surface area (Å²) in [6.07, 6.45) is -4.86. The lowest BCUT2D eigenvalue weighted by Crippen LogP contribution is -2.63. The lowest BCUT2D eigenvalue weighted by molar-refractivity contribution is -0.148. The van der Waals surface area contributed by atoms with E-state index in [0.29, 0.717) is 13.1 Å². The Balaban J connectivity index is 1.84. The minimum atomic E-state index is -4.66. The molecule has 288 valence electrons. The fourth-order valence-electron chi connectivity index (χ4n) is 7.06. The van der Waals surface area contributed by atoms with E-state index >= 15 is 0 Å². The number of ketones is 1.